The van der Waals surface area contributed by atoms with Crippen LogP contribution in [0.2, 0.25) is 0 Å². The number of hydrogen-bond donors (Lipinski definition) is 1. The van der Waals surface area contributed by atoms with E-state index in [0.29, 0.717) is 6.04 Å². The van der Waals surface area contributed by atoms with Gasteiger partial charge in [0.1, 0.15) is 0 Å². The number of likely N-dealkylation sites (N-methyl/N-ethyl adjacent to an activating group) is 1. The lowest BCUT2D eigenvalue weighted by molar-refractivity contribution is 0.272. The number of rotatable bonds is 6. The maximum Gasteiger partial charge on any atom is 0.0393 e. The third-order valence-corrected chi connectivity index (χ3v) is 3.67. The van der Waals surface area contributed by atoms with Crippen molar-refractivity contribution in [2.24, 2.45) is 5.41 Å². The fourth-order valence-corrected chi connectivity index (χ4v) is 2.33. The molecule has 1 rings (SSSR count). The van der Waals surface area contributed by atoms with E-state index in [1.54, 1.807) is 0 Å². The van der Waals surface area contributed by atoms with Crippen LogP contribution in [0.1, 0.15) is 39.7 Å². The maximum absolute atomic E-state index is 3.69. The molecule has 0 bridgehead atoms. The second-order valence-electron chi connectivity index (χ2n) is 6.54. The predicted molar refractivity (Wildman–Crippen MR) is 86.0 cm³/mol. The van der Waals surface area contributed by atoms with Crippen LogP contribution in [0.15, 0.2) is 24.3 Å². The first-order valence-electron chi connectivity index (χ1n) is 7.36. The molecule has 0 radical (unpaired) electrons. The Bertz CT molecular complexity index is 379. The van der Waals surface area contributed by atoms with E-state index < -0.39 is 0 Å². The number of anilines is 1. The highest BCUT2D eigenvalue weighted by Crippen LogP contribution is 2.23. The molecule has 2 nitrogen and oxygen atoms in total. The van der Waals surface area contributed by atoms with Gasteiger partial charge in [-0.1, -0.05) is 45.9 Å². The molecular formula is C17H30N2. The van der Waals surface area contributed by atoms with E-state index in [-0.39, 0.29) is 5.41 Å². The first-order chi connectivity index (χ1) is 8.86. The molecule has 1 aromatic carbocycles. The van der Waals surface area contributed by atoms with Crippen molar-refractivity contribution < 1.29 is 0 Å². The van der Waals surface area contributed by atoms with Crippen LogP contribution < -0.4 is 10.2 Å². The van der Waals surface area contributed by atoms with Gasteiger partial charge in [-0.05, 0) is 36.9 Å². The number of nitrogens with one attached hydrogen (secondary N) is 1. The first kappa shape index (κ1) is 16.0. The average molecular weight is 262 g/mol. The van der Waals surface area contributed by atoms with Crippen molar-refractivity contribution in [2.45, 2.75) is 47.1 Å². The Morgan fingerprint density at radius 2 is 1.84 bits per heavy atom. The molecule has 0 amide bonds. The zero-order valence-corrected chi connectivity index (χ0v) is 13.5. The van der Waals surface area contributed by atoms with Crippen molar-refractivity contribution >= 4 is 5.69 Å². The van der Waals surface area contributed by atoms with Crippen molar-refractivity contribution in [1.82, 2.24) is 5.32 Å². The third-order valence-electron chi connectivity index (χ3n) is 3.67. The van der Waals surface area contributed by atoms with Crippen LogP contribution in [-0.4, -0.2) is 26.2 Å². The number of benzene rings is 1. The minimum Gasteiger partial charge on any atom is -0.373 e. The SMILES string of the molecule is CCCNC(CN(C)c1ccccc1C)C(C)(C)C. The van der Waals surface area contributed by atoms with Gasteiger partial charge in [0.15, 0.2) is 0 Å². The van der Waals surface area contributed by atoms with E-state index in [1.165, 1.54) is 17.7 Å². The summed E-state index contributed by atoms with van der Waals surface area (Å²) in [6.45, 7) is 13.5. The van der Waals surface area contributed by atoms with E-state index in [1.807, 2.05) is 0 Å². The minimum absolute atomic E-state index is 0.270. The molecule has 0 saturated carbocycles. The van der Waals surface area contributed by atoms with Crippen LogP contribution in [0.3, 0.4) is 0 Å². The van der Waals surface area contributed by atoms with Crippen LogP contribution >= 0.6 is 0 Å². The zero-order chi connectivity index (χ0) is 14.5. The number of para-hydroxylation sites is 1. The first-order valence-corrected chi connectivity index (χ1v) is 7.36. The van der Waals surface area contributed by atoms with Crippen molar-refractivity contribution in [3.8, 4) is 0 Å². The van der Waals surface area contributed by atoms with Gasteiger partial charge in [0.25, 0.3) is 0 Å². The number of nitrogens with zero attached hydrogens (tertiary/aromatic N) is 1. The summed E-state index contributed by atoms with van der Waals surface area (Å²) in [4.78, 5) is 2.37. The summed E-state index contributed by atoms with van der Waals surface area (Å²) in [6.07, 6.45) is 1.18. The fraction of sp³-hybridized carbons (Fsp3) is 0.647. The average Bonchev–Trinajstić information content (AvgIpc) is 2.33. The van der Waals surface area contributed by atoms with Gasteiger partial charge < -0.3 is 10.2 Å². The fourth-order valence-electron chi connectivity index (χ4n) is 2.33. The van der Waals surface area contributed by atoms with E-state index in [0.717, 1.165) is 13.1 Å². The summed E-state index contributed by atoms with van der Waals surface area (Å²) in [7, 11) is 2.19. The molecule has 0 spiro atoms. The highest BCUT2D eigenvalue weighted by atomic mass is 15.1. The lowest BCUT2D eigenvalue weighted by Crippen LogP contribution is -2.48. The maximum atomic E-state index is 3.69. The number of aryl methyl sites for hydroxylation is 1. The summed E-state index contributed by atoms with van der Waals surface area (Å²) in [6, 6.07) is 9.09. The molecule has 0 aliphatic heterocycles. The minimum atomic E-state index is 0.270. The standard InChI is InChI=1S/C17H30N2/c1-7-12-18-16(17(3,4)5)13-19(6)15-11-9-8-10-14(15)2/h8-11,16,18H,7,12-13H2,1-6H3. The molecule has 0 saturated heterocycles. The van der Waals surface area contributed by atoms with E-state index in [4.69, 9.17) is 0 Å². The van der Waals surface area contributed by atoms with Crippen LogP contribution in [-0.2, 0) is 0 Å². The molecule has 108 valence electrons. The number of hydrogen-bond acceptors (Lipinski definition) is 2. The highest BCUT2D eigenvalue weighted by Gasteiger charge is 2.25. The summed E-state index contributed by atoms with van der Waals surface area (Å²) in [5.74, 6) is 0. The molecule has 0 aliphatic carbocycles. The monoisotopic (exact) mass is 262 g/mol. The second kappa shape index (κ2) is 6.95. The van der Waals surface area contributed by atoms with Gasteiger partial charge in [-0.3, -0.25) is 0 Å². The topological polar surface area (TPSA) is 15.3 Å². The molecule has 0 heterocycles. The van der Waals surface area contributed by atoms with Crippen LogP contribution in [0.4, 0.5) is 5.69 Å². The van der Waals surface area contributed by atoms with Crippen LogP contribution in [0.5, 0.6) is 0 Å². The van der Waals surface area contributed by atoms with Crippen molar-refractivity contribution in [3.05, 3.63) is 29.8 Å². The Morgan fingerprint density at radius 1 is 1.21 bits per heavy atom. The van der Waals surface area contributed by atoms with E-state index >= 15 is 0 Å². The summed E-state index contributed by atoms with van der Waals surface area (Å²) < 4.78 is 0. The molecular weight excluding hydrogens is 232 g/mol. The molecule has 19 heavy (non-hydrogen) atoms. The molecule has 1 unspecified atom stereocenters. The van der Waals surface area contributed by atoms with Gasteiger partial charge in [0.2, 0.25) is 0 Å². The van der Waals surface area contributed by atoms with Crippen molar-refractivity contribution in [1.29, 1.82) is 0 Å². The lowest BCUT2D eigenvalue weighted by Gasteiger charge is -2.36. The Labute approximate surface area is 119 Å². The van der Waals surface area contributed by atoms with Gasteiger partial charge in [-0.25, -0.2) is 0 Å². The summed E-state index contributed by atoms with van der Waals surface area (Å²) >= 11 is 0. The smallest absolute Gasteiger partial charge is 0.0393 e. The highest BCUT2D eigenvalue weighted by molar-refractivity contribution is 5.52. The molecule has 1 aromatic rings. The molecule has 0 aliphatic rings. The van der Waals surface area contributed by atoms with Crippen LogP contribution in [0, 0.1) is 12.3 Å². The molecule has 1 N–H and O–H groups in total. The molecule has 1 atom stereocenters. The largest absolute Gasteiger partial charge is 0.373 e. The predicted octanol–water partition coefficient (Wildman–Crippen LogP) is 3.85. The second-order valence-corrected chi connectivity index (χ2v) is 6.54. The van der Waals surface area contributed by atoms with Gasteiger partial charge in [0, 0.05) is 25.3 Å². The van der Waals surface area contributed by atoms with Crippen molar-refractivity contribution in [3.63, 3.8) is 0 Å². The summed E-state index contributed by atoms with van der Waals surface area (Å²) in [5.41, 5.74) is 2.94. The van der Waals surface area contributed by atoms with Crippen molar-refractivity contribution in [2.75, 3.05) is 25.0 Å². The van der Waals surface area contributed by atoms with E-state index in [9.17, 15) is 0 Å². The Morgan fingerprint density at radius 3 is 2.37 bits per heavy atom. The van der Waals surface area contributed by atoms with Gasteiger partial charge in [-0.15, -0.1) is 0 Å². The van der Waals surface area contributed by atoms with Gasteiger partial charge >= 0.3 is 0 Å². The van der Waals surface area contributed by atoms with Gasteiger partial charge in [-0.2, -0.15) is 0 Å². The molecule has 2 heteroatoms. The molecule has 0 aromatic heterocycles. The lowest BCUT2D eigenvalue weighted by atomic mass is 9.86. The third kappa shape index (κ3) is 4.87. The normalized spacial score (nSPS) is 13.4. The Kier molecular flexibility index (Phi) is 5.86. The Balaban J connectivity index is 2.76. The zero-order valence-electron chi connectivity index (χ0n) is 13.5. The molecule has 0 fully saturated rings. The van der Waals surface area contributed by atoms with Crippen LogP contribution in [0.25, 0.3) is 0 Å². The quantitative estimate of drug-likeness (QED) is 0.838. The van der Waals surface area contributed by atoms with Gasteiger partial charge in [0.05, 0.1) is 0 Å². The summed E-state index contributed by atoms with van der Waals surface area (Å²) in [5, 5.41) is 3.69. The Hall–Kier alpha value is -1.02. The van der Waals surface area contributed by atoms with E-state index in [2.05, 4.69) is 76.1 Å².